The number of rotatable bonds is 5. The van der Waals surface area contributed by atoms with Gasteiger partial charge in [-0.2, -0.15) is 0 Å². The van der Waals surface area contributed by atoms with Crippen molar-refractivity contribution in [1.29, 1.82) is 0 Å². The second-order valence-corrected chi connectivity index (χ2v) is 7.33. The molecule has 146 valence electrons. The van der Waals surface area contributed by atoms with Crippen LogP contribution in [0, 0.1) is 0 Å². The summed E-state index contributed by atoms with van der Waals surface area (Å²) < 4.78 is 7.70. The molecule has 1 aromatic heterocycles. The van der Waals surface area contributed by atoms with Crippen LogP contribution in [0.2, 0.25) is 0 Å². The molecule has 0 aliphatic carbocycles. The first kappa shape index (κ1) is 18.0. The van der Waals surface area contributed by atoms with Gasteiger partial charge in [-0.15, -0.1) is 0 Å². The molecule has 0 atom stereocenters. The zero-order valence-corrected chi connectivity index (χ0v) is 16.4. The number of morpholine rings is 1. The van der Waals surface area contributed by atoms with E-state index in [1.165, 1.54) is 10.8 Å². The molecule has 3 aromatic carbocycles. The van der Waals surface area contributed by atoms with Crippen molar-refractivity contribution >= 4 is 34.0 Å². The highest BCUT2D eigenvalue weighted by atomic mass is 16.5. The molecular weight excluding hydrogens is 360 g/mol. The van der Waals surface area contributed by atoms with E-state index in [9.17, 15) is 0 Å². The van der Waals surface area contributed by atoms with Crippen LogP contribution in [-0.2, 0) is 11.3 Å². The first-order valence-electron chi connectivity index (χ1n) is 10.2. The third-order valence-corrected chi connectivity index (χ3v) is 5.52. The van der Waals surface area contributed by atoms with Crippen molar-refractivity contribution in [3.63, 3.8) is 0 Å². The molecule has 4 aromatic rings. The molecule has 1 aliphatic rings. The van der Waals surface area contributed by atoms with E-state index < -0.39 is 0 Å². The Morgan fingerprint density at radius 2 is 1.69 bits per heavy atom. The maximum atomic E-state index is 5.47. The highest BCUT2D eigenvalue weighted by Gasteiger charge is 2.13. The molecule has 1 saturated heterocycles. The van der Waals surface area contributed by atoms with Crippen molar-refractivity contribution in [2.45, 2.75) is 6.54 Å². The van der Waals surface area contributed by atoms with Crippen LogP contribution in [0.25, 0.3) is 21.8 Å². The number of imidazole rings is 1. The van der Waals surface area contributed by atoms with E-state index in [4.69, 9.17) is 14.7 Å². The summed E-state index contributed by atoms with van der Waals surface area (Å²) in [5.74, 6) is 0.757. The molecule has 0 unspecified atom stereocenters. The number of hydrogen-bond acceptors (Lipinski definition) is 4. The van der Waals surface area contributed by atoms with E-state index in [1.807, 2.05) is 12.3 Å². The molecule has 0 bridgehead atoms. The molecule has 5 nitrogen and oxygen atoms in total. The van der Waals surface area contributed by atoms with Gasteiger partial charge in [0.1, 0.15) is 0 Å². The molecule has 2 heterocycles. The van der Waals surface area contributed by atoms with E-state index >= 15 is 0 Å². The normalized spacial score (nSPS) is 15.6. The fourth-order valence-corrected chi connectivity index (χ4v) is 3.94. The van der Waals surface area contributed by atoms with Crippen LogP contribution >= 0.6 is 0 Å². The molecular formula is C24H24N4O. The zero-order chi connectivity index (χ0) is 19.5. The maximum Gasteiger partial charge on any atom is 0.230 e. The van der Waals surface area contributed by atoms with Gasteiger partial charge in [0.15, 0.2) is 0 Å². The summed E-state index contributed by atoms with van der Waals surface area (Å²) in [5.41, 5.74) is 3.22. The van der Waals surface area contributed by atoms with Gasteiger partial charge in [-0.1, -0.05) is 54.6 Å². The zero-order valence-electron chi connectivity index (χ0n) is 16.4. The summed E-state index contributed by atoms with van der Waals surface area (Å²) in [6, 6.07) is 23.0. The lowest BCUT2D eigenvalue weighted by molar-refractivity contribution is 0.0366. The lowest BCUT2D eigenvalue weighted by Crippen LogP contribution is -2.38. The summed E-state index contributed by atoms with van der Waals surface area (Å²) in [7, 11) is 0. The minimum Gasteiger partial charge on any atom is -0.379 e. The fourth-order valence-electron chi connectivity index (χ4n) is 3.94. The summed E-state index contributed by atoms with van der Waals surface area (Å²) in [6.45, 7) is 5.44. The Morgan fingerprint density at radius 1 is 0.897 bits per heavy atom. The van der Waals surface area contributed by atoms with Crippen molar-refractivity contribution in [3.8, 4) is 0 Å². The molecule has 0 saturated carbocycles. The molecule has 29 heavy (non-hydrogen) atoms. The monoisotopic (exact) mass is 384 g/mol. The first-order valence-corrected chi connectivity index (χ1v) is 10.2. The molecule has 0 spiro atoms. The lowest BCUT2D eigenvalue weighted by Gasteiger charge is -2.26. The minimum absolute atomic E-state index is 0.757. The molecule has 1 fully saturated rings. The number of aliphatic imine (C=N–C) groups is 1. The number of aromatic nitrogens is 2. The molecule has 5 rings (SSSR count). The van der Waals surface area contributed by atoms with Crippen LogP contribution < -0.4 is 0 Å². The van der Waals surface area contributed by atoms with Gasteiger partial charge in [-0.25, -0.2) is 9.98 Å². The van der Waals surface area contributed by atoms with Crippen molar-refractivity contribution < 1.29 is 4.74 Å². The SMILES string of the molecule is C(=N\c1nc2ccccc2n1CCN1CCOCC1)/c1cccc2ccccc12. The summed E-state index contributed by atoms with van der Waals surface area (Å²) in [6.07, 6.45) is 1.94. The number of hydrogen-bond donors (Lipinski definition) is 0. The Labute approximate surface area is 170 Å². The Hall–Kier alpha value is -3.02. The van der Waals surface area contributed by atoms with Gasteiger partial charge in [0.05, 0.1) is 24.2 Å². The van der Waals surface area contributed by atoms with E-state index in [0.717, 1.165) is 61.9 Å². The van der Waals surface area contributed by atoms with Gasteiger partial charge in [0.25, 0.3) is 0 Å². The number of nitrogens with zero attached hydrogens (tertiary/aromatic N) is 4. The van der Waals surface area contributed by atoms with E-state index in [2.05, 4.69) is 70.1 Å². The Bertz CT molecular complexity index is 1150. The summed E-state index contributed by atoms with van der Waals surface area (Å²) in [4.78, 5) is 12.0. The van der Waals surface area contributed by atoms with Gasteiger partial charge < -0.3 is 9.30 Å². The van der Waals surface area contributed by atoms with Gasteiger partial charge >= 0.3 is 0 Å². The van der Waals surface area contributed by atoms with Crippen LogP contribution in [0.15, 0.2) is 71.7 Å². The molecule has 0 radical (unpaired) electrons. The van der Waals surface area contributed by atoms with Crippen LogP contribution in [0.1, 0.15) is 5.56 Å². The second kappa shape index (κ2) is 8.15. The number of benzene rings is 3. The highest BCUT2D eigenvalue weighted by Crippen LogP contribution is 2.23. The van der Waals surface area contributed by atoms with Crippen molar-refractivity contribution in [2.75, 3.05) is 32.8 Å². The molecule has 0 amide bonds. The van der Waals surface area contributed by atoms with Gasteiger partial charge in [0.2, 0.25) is 5.95 Å². The summed E-state index contributed by atoms with van der Waals surface area (Å²) >= 11 is 0. The van der Waals surface area contributed by atoms with Crippen LogP contribution in [0.5, 0.6) is 0 Å². The Kier molecular flexibility index (Phi) is 5.07. The number of fused-ring (bicyclic) bond motifs is 2. The molecule has 5 heteroatoms. The third kappa shape index (κ3) is 3.79. The van der Waals surface area contributed by atoms with Crippen LogP contribution in [0.3, 0.4) is 0 Å². The van der Waals surface area contributed by atoms with Crippen molar-refractivity contribution in [3.05, 3.63) is 72.3 Å². The van der Waals surface area contributed by atoms with E-state index in [0.29, 0.717) is 0 Å². The van der Waals surface area contributed by atoms with Gasteiger partial charge in [-0.05, 0) is 22.9 Å². The number of ether oxygens (including phenoxy) is 1. The second-order valence-electron chi connectivity index (χ2n) is 7.33. The predicted octanol–water partition coefficient (Wildman–Crippen LogP) is 4.27. The van der Waals surface area contributed by atoms with Crippen molar-refractivity contribution in [1.82, 2.24) is 14.5 Å². The smallest absolute Gasteiger partial charge is 0.230 e. The Balaban J connectivity index is 1.48. The lowest BCUT2D eigenvalue weighted by atomic mass is 10.1. The average Bonchev–Trinajstić information content (AvgIpc) is 3.14. The molecule has 1 aliphatic heterocycles. The predicted molar refractivity (Wildman–Crippen MR) is 118 cm³/mol. The number of para-hydroxylation sites is 2. The largest absolute Gasteiger partial charge is 0.379 e. The standard InChI is InChI=1S/C24H24N4O/c1-2-9-21-19(6-1)7-5-8-20(21)18-25-24-26-22-10-3-4-11-23(22)28(24)13-12-27-14-16-29-17-15-27/h1-11,18H,12-17H2/b25-18+. The highest BCUT2D eigenvalue weighted by molar-refractivity contribution is 6.00. The van der Waals surface area contributed by atoms with Gasteiger partial charge in [-0.3, -0.25) is 4.90 Å². The van der Waals surface area contributed by atoms with E-state index in [-0.39, 0.29) is 0 Å². The van der Waals surface area contributed by atoms with Crippen LogP contribution in [0.4, 0.5) is 5.95 Å². The average molecular weight is 384 g/mol. The minimum atomic E-state index is 0.757. The van der Waals surface area contributed by atoms with Crippen molar-refractivity contribution in [2.24, 2.45) is 4.99 Å². The Morgan fingerprint density at radius 3 is 2.62 bits per heavy atom. The third-order valence-electron chi connectivity index (χ3n) is 5.52. The fraction of sp³-hybridized carbons (Fsp3) is 0.250. The topological polar surface area (TPSA) is 42.7 Å². The van der Waals surface area contributed by atoms with Gasteiger partial charge in [0, 0.05) is 38.0 Å². The van der Waals surface area contributed by atoms with Crippen LogP contribution in [-0.4, -0.2) is 53.5 Å². The quantitative estimate of drug-likeness (QED) is 0.483. The summed E-state index contributed by atoms with van der Waals surface area (Å²) in [5, 5.41) is 2.42. The van der Waals surface area contributed by atoms with E-state index in [1.54, 1.807) is 0 Å². The maximum absolute atomic E-state index is 5.47. The first-order chi connectivity index (χ1) is 14.4. The molecule has 0 N–H and O–H groups in total.